The summed E-state index contributed by atoms with van der Waals surface area (Å²) in [7, 11) is -8.84. The molecule has 13 aromatic carbocycles. The maximum Gasteiger partial charge on any atom is 0.179 e. The van der Waals surface area contributed by atoms with Gasteiger partial charge in [-0.1, -0.05) is 345 Å². The van der Waals surface area contributed by atoms with Gasteiger partial charge in [-0.3, -0.25) is 0 Å². The third kappa shape index (κ3) is 10.3. The zero-order chi connectivity index (χ0) is 68.9. The first-order valence-electron chi connectivity index (χ1n) is 35.0. The predicted octanol–water partition coefficient (Wildman–Crippen LogP) is 14.9. The molecule has 86 heavy (non-hydrogen) atoms. The van der Waals surface area contributed by atoms with Crippen molar-refractivity contribution in [1.82, 2.24) is 9.97 Å². The lowest BCUT2D eigenvalue weighted by Crippen LogP contribution is -2.78. The normalized spacial score (nSPS) is 13.6. The molecule has 0 saturated carbocycles. The monoisotopic (exact) mass is 1140 g/mol. The number of hydrogen-bond acceptors (Lipinski definition) is 2. The van der Waals surface area contributed by atoms with E-state index in [4.69, 9.17) is 18.2 Å². The van der Waals surface area contributed by atoms with Crippen LogP contribution in [0.3, 0.4) is 0 Å². The summed E-state index contributed by atoms with van der Waals surface area (Å²) in [5.74, 6) is 0.0176. The molecule has 0 amide bonds. The molecule has 2 nitrogen and oxygen atoms in total. The topological polar surface area (TPSA) is 25.8 Å². The minimum absolute atomic E-state index is 0.00792. The highest BCUT2D eigenvalue weighted by atomic mass is 28.3. The van der Waals surface area contributed by atoms with Crippen LogP contribution in [-0.4, -0.2) is 26.1 Å². The van der Waals surface area contributed by atoms with Crippen molar-refractivity contribution < 1.29 is 17.8 Å². The van der Waals surface area contributed by atoms with Crippen molar-refractivity contribution in [2.45, 2.75) is 0 Å². The molecule has 0 aliphatic rings. The zero-order valence-electron chi connectivity index (χ0n) is 59.5. The van der Waals surface area contributed by atoms with Gasteiger partial charge in [-0.2, -0.15) is 0 Å². The Morgan fingerprint density at radius 1 is 0.209 bits per heavy atom. The molecule has 0 aliphatic carbocycles. The molecule has 0 aliphatic heterocycles. The Labute approximate surface area is 525 Å². The van der Waals surface area contributed by atoms with Gasteiger partial charge in [0.25, 0.3) is 0 Å². The Hall–Kier alpha value is -10.6. The van der Waals surface area contributed by atoms with Crippen LogP contribution in [0, 0.1) is 0 Å². The fourth-order valence-electron chi connectivity index (χ4n) is 12.0. The Kier molecular flexibility index (Phi) is 11.3. The Balaban J connectivity index is 1.20. The van der Waals surface area contributed by atoms with Crippen LogP contribution in [0.25, 0.3) is 78.4 Å². The summed E-state index contributed by atoms with van der Waals surface area (Å²) in [6.07, 6.45) is 0. The van der Waals surface area contributed by atoms with E-state index in [1.165, 1.54) is 0 Å². The van der Waals surface area contributed by atoms with Crippen LogP contribution in [-0.2, 0) is 0 Å². The minimum atomic E-state index is -4.42. The Bertz CT molecular complexity index is 4960. The molecule has 1 heterocycles. The highest BCUT2D eigenvalue weighted by Crippen LogP contribution is 2.33. The van der Waals surface area contributed by atoms with Gasteiger partial charge in [0.2, 0.25) is 0 Å². The number of hydrogen-bond donors (Lipinski definition) is 0. The summed E-state index contributed by atoms with van der Waals surface area (Å²) in [6, 6.07) is 86.1. The lowest BCUT2D eigenvalue weighted by atomic mass is 9.99. The second-order valence-corrected chi connectivity index (χ2v) is 28.4. The van der Waals surface area contributed by atoms with Gasteiger partial charge in [0.1, 0.15) is 0 Å². The molecule has 0 N–H and O–H groups in total. The SMILES string of the molecule is [2H]c1c([2H])c([2H])c(-c2cccc([Si](c3ccccc3)(c3ccccc3)c3c([2H])c(-c4nc(-c5cccc(-c6ccccc6)c5)cc(-c5cccc(-c6ccccc6)c5)n4)c([2H])c([Si](c4ccccc4)(c4ccccc4)c4cccc(-c5c([2H])c([2H])c([2H])c([2H])c5[2H])c4)c3[2H])c2)c([2H])c1[2H]. The van der Waals surface area contributed by atoms with Gasteiger partial charge in [-0.25, -0.2) is 9.97 Å². The summed E-state index contributed by atoms with van der Waals surface area (Å²) < 4.78 is 125. The van der Waals surface area contributed by atoms with E-state index in [1.54, 1.807) is 24.3 Å². The van der Waals surface area contributed by atoms with Crippen molar-refractivity contribution in [1.29, 1.82) is 0 Å². The van der Waals surface area contributed by atoms with Crippen LogP contribution in [0.15, 0.2) is 364 Å². The standard InChI is InChI=1S/C82H60N2Si2/c1-9-29-61(30-10-1)65-37-25-41-69(53-65)80-60-81(70-42-26-38-66(54-70)62-31-11-2-12-32-62)84-82(83-80)71-57-78(85(72-43-17-5-18-44-72,73-45-19-6-20-46-73)76-51-27-39-67(55-76)63-33-13-3-14-34-63)59-79(58-71)86(74-47-21-7-22-48-74,75-49-23-8-24-50-75)77-52-28-40-68(56-77)64-35-15-4-16-36-64/h1-60H/i3D,4D,13D,14D,15D,16D,33D,34D,35D,36D,57D,58D,59D. The highest BCUT2D eigenvalue weighted by Gasteiger charge is 2.46. The van der Waals surface area contributed by atoms with Crippen molar-refractivity contribution in [3.8, 4) is 78.4 Å². The number of rotatable bonds is 15. The molecule has 0 fully saturated rings. The first-order chi connectivity index (χ1) is 48.0. The van der Waals surface area contributed by atoms with Crippen LogP contribution in [0.5, 0.6) is 0 Å². The van der Waals surface area contributed by atoms with Gasteiger partial charge in [0.05, 0.1) is 29.2 Å². The third-order valence-corrected chi connectivity index (χ3v) is 25.1. The Morgan fingerprint density at radius 2 is 0.500 bits per heavy atom. The Morgan fingerprint density at radius 3 is 0.860 bits per heavy atom. The van der Waals surface area contributed by atoms with Crippen molar-refractivity contribution in [3.05, 3.63) is 364 Å². The molecular weight excluding hydrogens is 1070 g/mol. The molecule has 0 bridgehead atoms. The molecule has 14 aromatic rings. The molecule has 406 valence electrons. The summed E-state index contributed by atoms with van der Waals surface area (Å²) in [4.78, 5) is 11.2. The predicted molar refractivity (Wildman–Crippen MR) is 367 cm³/mol. The van der Waals surface area contributed by atoms with Crippen molar-refractivity contribution >= 4 is 57.6 Å². The first kappa shape index (κ1) is 40.6. The van der Waals surface area contributed by atoms with E-state index in [1.807, 2.05) is 249 Å². The van der Waals surface area contributed by atoms with Gasteiger partial charge in [-0.15, -0.1) is 0 Å². The van der Waals surface area contributed by atoms with Gasteiger partial charge in [-0.05, 0) is 104 Å². The van der Waals surface area contributed by atoms with Gasteiger partial charge < -0.3 is 0 Å². The molecule has 0 radical (unpaired) electrons. The highest BCUT2D eigenvalue weighted by molar-refractivity contribution is 7.22. The van der Waals surface area contributed by atoms with Crippen LogP contribution in [0.4, 0.5) is 0 Å². The van der Waals surface area contributed by atoms with Crippen LogP contribution in [0.1, 0.15) is 17.8 Å². The lowest BCUT2D eigenvalue weighted by molar-refractivity contribution is 1.18. The van der Waals surface area contributed by atoms with Crippen molar-refractivity contribution in [3.63, 3.8) is 0 Å². The lowest BCUT2D eigenvalue weighted by Gasteiger charge is -2.38. The number of nitrogens with zero attached hydrogens (tertiary/aromatic N) is 2. The maximum absolute atomic E-state index is 11.8. The van der Waals surface area contributed by atoms with Crippen LogP contribution < -0.4 is 41.5 Å². The molecule has 0 spiro atoms. The minimum Gasteiger partial charge on any atom is -0.228 e. The van der Waals surface area contributed by atoms with E-state index in [0.717, 1.165) is 33.4 Å². The third-order valence-electron chi connectivity index (χ3n) is 16.0. The summed E-state index contributed by atoms with van der Waals surface area (Å²) in [6.45, 7) is 0. The molecule has 0 saturated heterocycles. The van der Waals surface area contributed by atoms with E-state index in [9.17, 15) is 9.60 Å². The average Bonchev–Trinajstić information content (AvgIpc) is 0.691. The molecule has 0 unspecified atom stereocenters. The van der Waals surface area contributed by atoms with E-state index >= 15 is 0 Å². The average molecular weight is 1140 g/mol. The molecule has 0 atom stereocenters. The van der Waals surface area contributed by atoms with Crippen LogP contribution in [0.2, 0.25) is 0 Å². The van der Waals surface area contributed by atoms with Crippen molar-refractivity contribution in [2.24, 2.45) is 0 Å². The van der Waals surface area contributed by atoms with Gasteiger partial charge in [0, 0.05) is 16.7 Å². The summed E-state index contributed by atoms with van der Waals surface area (Å²) >= 11 is 0. The summed E-state index contributed by atoms with van der Waals surface area (Å²) in [5, 5.41) is 4.50. The van der Waals surface area contributed by atoms with Gasteiger partial charge >= 0.3 is 0 Å². The molecule has 1 aromatic heterocycles. The smallest absolute Gasteiger partial charge is 0.179 e. The van der Waals surface area contributed by atoms with E-state index < -0.39 is 76.6 Å². The second-order valence-electron chi connectivity index (χ2n) is 21.0. The van der Waals surface area contributed by atoms with E-state index in [2.05, 4.69) is 12.1 Å². The number of aromatic nitrogens is 2. The molecule has 14 rings (SSSR count). The number of benzene rings is 13. The van der Waals surface area contributed by atoms with Crippen LogP contribution >= 0.6 is 0 Å². The van der Waals surface area contributed by atoms with Crippen molar-refractivity contribution in [2.75, 3.05) is 0 Å². The quantitative estimate of drug-likeness (QED) is 0.0755. The zero-order valence-corrected chi connectivity index (χ0v) is 48.5. The second kappa shape index (κ2) is 23.9. The largest absolute Gasteiger partial charge is 0.228 e. The van der Waals surface area contributed by atoms with E-state index in [-0.39, 0.29) is 51.0 Å². The first-order valence-corrected chi connectivity index (χ1v) is 32.5. The fourth-order valence-corrected chi connectivity index (χ4v) is 21.3. The maximum atomic E-state index is 11.8. The fraction of sp³-hybridized carbons (Fsp3) is 0. The van der Waals surface area contributed by atoms with E-state index in [0.29, 0.717) is 53.6 Å². The van der Waals surface area contributed by atoms with Gasteiger partial charge in [0.15, 0.2) is 22.0 Å². The summed E-state index contributed by atoms with van der Waals surface area (Å²) in [5.41, 5.74) is 6.77. The molecule has 4 heteroatoms. The molecular formula is C82H60N2Si2.